The maximum absolute atomic E-state index is 12.5. The molecular formula is C22H32N4O4Si. The van der Waals surface area contributed by atoms with Crippen LogP contribution in [0.2, 0.25) is 25.7 Å². The molecule has 0 saturated heterocycles. The molecule has 0 spiro atoms. The summed E-state index contributed by atoms with van der Waals surface area (Å²) in [6.45, 7) is 12.5. The minimum absolute atomic E-state index is 0.0706. The number of benzene rings is 1. The van der Waals surface area contributed by atoms with Crippen LogP contribution >= 0.6 is 0 Å². The first kappa shape index (κ1) is 24.3. The van der Waals surface area contributed by atoms with E-state index in [9.17, 15) is 9.59 Å². The van der Waals surface area contributed by atoms with Crippen molar-refractivity contribution in [2.24, 2.45) is 0 Å². The standard InChI is InChI=1S/C22H32N4O4Si/c1-22(2,3)30-21(28)26(4)20-24-18(23-16-11-9-8-10-12-16)17(15-27)19(25-20)29-13-14-31(5,6)7/h8-12,15H,13-14H2,1-7H3,(H,23,24,25). The lowest BCUT2D eigenvalue weighted by Crippen LogP contribution is -2.35. The van der Waals surface area contributed by atoms with Gasteiger partial charge in [-0.05, 0) is 38.9 Å². The second-order valence-electron chi connectivity index (χ2n) is 9.40. The van der Waals surface area contributed by atoms with Crippen LogP contribution in [0.1, 0.15) is 31.1 Å². The zero-order chi connectivity index (χ0) is 23.2. The number of nitrogens with one attached hydrogen (secondary N) is 1. The average molecular weight is 445 g/mol. The lowest BCUT2D eigenvalue weighted by Gasteiger charge is -2.24. The summed E-state index contributed by atoms with van der Waals surface area (Å²) in [5.41, 5.74) is 0.263. The summed E-state index contributed by atoms with van der Waals surface area (Å²) in [6, 6.07) is 10.2. The molecule has 1 heterocycles. The van der Waals surface area contributed by atoms with Crippen LogP contribution in [-0.4, -0.2) is 49.7 Å². The Bertz CT molecular complexity index is 908. The number of para-hydroxylation sites is 1. The molecule has 2 aromatic rings. The van der Waals surface area contributed by atoms with Gasteiger partial charge in [-0.1, -0.05) is 37.8 Å². The molecule has 0 saturated carbocycles. The van der Waals surface area contributed by atoms with E-state index in [1.165, 1.54) is 11.9 Å². The molecule has 168 valence electrons. The van der Waals surface area contributed by atoms with E-state index in [1.807, 2.05) is 30.3 Å². The first-order chi connectivity index (χ1) is 14.4. The van der Waals surface area contributed by atoms with E-state index in [0.717, 1.165) is 11.7 Å². The highest BCUT2D eigenvalue weighted by atomic mass is 28.3. The Hall–Kier alpha value is -2.94. The van der Waals surface area contributed by atoms with Crippen molar-refractivity contribution in [2.45, 2.75) is 52.1 Å². The number of ether oxygens (including phenoxy) is 2. The monoisotopic (exact) mass is 444 g/mol. The van der Waals surface area contributed by atoms with Crippen LogP contribution in [0.4, 0.5) is 22.2 Å². The van der Waals surface area contributed by atoms with Crippen molar-refractivity contribution in [1.29, 1.82) is 0 Å². The van der Waals surface area contributed by atoms with Gasteiger partial charge in [0.05, 0.1) is 6.61 Å². The van der Waals surface area contributed by atoms with Gasteiger partial charge in [-0.3, -0.25) is 4.79 Å². The van der Waals surface area contributed by atoms with Crippen molar-refractivity contribution >= 4 is 37.9 Å². The van der Waals surface area contributed by atoms with Gasteiger partial charge in [-0.15, -0.1) is 0 Å². The number of anilines is 3. The summed E-state index contributed by atoms with van der Waals surface area (Å²) >= 11 is 0. The van der Waals surface area contributed by atoms with Gasteiger partial charge in [0.25, 0.3) is 0 Å². The molecule has 1 amide bonds. The molecule has 0 aliphatic rings. The fourth-order valence-corrected chi connectivity index (χ4v) is 3.14. The molecule has 0 unspecified atom stereocenters. The van der Waals surface area contributed by atoms with Crippen LogP contribution in [0.3, 0.4) is 0 Å². The summed E-state index contributed by atoms with van der Waals surface area (Å²) in [4.78, 5) is 34.4. The number of amides is 1. The summed E-state index contributed by atoms with van der Waals surface area (Å²) in [6.07, 6.45) is 0.0527. The topological polar surface area (TPSA) is 93.7 Å². The Morgan fingerprint density at radius 1 is 1.16 bits per heavy atom. The van der Waals surface area contributed by atoms with E-state index in [1.54, 1.807) is 20.8 Å². The van der Waals surface area contributed by atoms with E-state index in [-0.39, 0.29) is 23.2 Å². The van der Waals surface area contributed by atoms with Crippen molar-refractivity contribution < 1.29 is 19.1 Å². The van der Waals surface area contributed by atoms with Gasteiger partial charge in [0.15, 0.2) is 12.1 Å². The van der Waals surface area contributed by atoms with E-state index in [0.29, 0.717) is 12.9 Å². The molecule has 9 heteroatoms. The molecule has 0 aliphatic heterocycles. The van der Waals surface area contributed by atoms with Crippen LogP contribution in [0, 0.1) is 0 Å². The van der Waals surface area contributed by atoms with Crippen molar-refractivity contribution in [3.63, 3.8) is 0 Å². The highest BCUT2D eigenvalue weighted by molar-refractivity contribution is 6.76. The number of rotatable bonds is 8. The van der Waals surface area contributed by atoms with Crippen molar-refractivity contribution in [2.75, 3.05) is 23.9 Å². The Labute approximate surface area is 185 Å². The van der Waals surface area contributed by atoms with Gasteiger partial charge >= 0.3 is 6.09 Å². The van der Waals surface area contributed by atoms with E-state index >= 15 is 0 Å². The highest BCUT2D eigenvalue weighted by Gasteiger charge is 2.25. The zero-order valence-corrected chi connectivity index (χ0v) is 20.4. The minimum Gasteiger partial charge on any atom is -0.477 e. The second-order valence-corrected chi connectivity index (χ2v) is 15.0. The average Bonchev–Trinajstić information content (AvgIpc) is 2.65. The maximum Gasteiger partial charge on any atom is 0.416 e. The predicted molar refractivity (Wildman–Crippen MR) is 125 cm³/mol. The molecule has 8 nitrogen and oxygen atoms in total. The minimum atomic E-state index is -1.35. The molecule has 0 aliphatic carbocycles. The fourth-order valence-electron chi connectivity index (χ4n) is 2.42. The first-order valence-electron chi connectivity index (χ1n) is 10.2. The highest BCUT2D eigenvalue weighted by Crippen LogP contribution is 2.28. The van der Waals surface area contributed by atoms with Crippen molar-refractivity contribution in [1.82, 2.24) is 9.97 Å². The van der Waals surface area contributed by atoms with Gasteiger partial charge in [0.1, 0.15) is 11.2 Å². The van der Waals surface area contributed by atoms with Crippen LogP contribution in [0.5, 0.6) is 5.88 Å². The molecule has 31 heavy (non-hydrogen) atoms. The van der Waals surface area contributed by atoms with E-state index in [2.05, 4.69) is 34.9 Å². The van der Waals surface area contributed by atoms with Crippen LogP contribution in [0.15, 0.2) is 30.3 Å². The molecule has 2 rings (SSSR count). The van der Waals surface area contributed by atoms with Gasteiger partial charge in [0.2, 0.25) is 11.8 Å². The Balaban J connectivity index is 2.44. The van der Waals surface area contributed by atoms with Crippen LogP contribution in [-0.2, 0) is 4.74 Å². The number of aromatic nitrogens is 2. The molecule has 1 N–H and O–H groups in total. The van der Waals surface area contributed by atoms with Crippen LogP contribution in [0.25, 0.3) is 0 Å². The van der Waals surface area contributed by atoms with Crippen LogP contribution < -0.4 is 15.0 Å². The van der Waals surface area contributed by atoms with Gasteiger partial charge < -0.3 is 14.8 Å². The summed E-state index contributed by atoms with van der Waals surface area (Å²) in [7, 11) is 0.166. The summed E-state index contributed by atoms with van der Waals surface area (Å²) < 4.78 is 11.3. The largest absolute Gasteiger partial charge is 0.477 e. The van der Waals surface area contributed by atoms with Crippen molar-refractivity contribution in [3.8, 4) is 5.88 Å². The number of carbonyl (C=O) groups is 2. The summed E-state index contributed by atoms with van der Waals surface area (Å²) in [5.74, 6) is 0.456. The number of aldehydes is 1. The number of carbonyl (C=O) groups excluding carboxylic acids is 2. The van der Waals surface area contributed by atoms with Crippen molar-refractivity contribution in [3.05, 3.63) is 35.9 Å². The third kappa shape index (κ3) is 7.67. The number of hydrogen-bond donors (Lipinski definition) is 1. The smallest absolute Gasteiger partial charge is 0.416 e. The predicted octanol–water partition coefficient (Wildman–Crippen LogP) is 5.12. The molecule has 1 aromatic carbocycles. The molecular weight excluding hydrogens is 412 g/mol. The third-order valence-corrected chi connectivity index (χ3v) is 5.82. The second kappa shape index (κ2) is 9.91. The lowest BCUT2D eigenvalue weighted by molar-refractivity contribution is 0.0587. The van der Waals surface area contributed by atoms with E-state index in [4.69, 9.17) is 9.47 Å². The first-order valence-corrected chi connectivity index (χ1v) is 13.9. The lowest BCUT2D eigenvalue weighted by atomic mass is 10.2. The molecule has 0 atom stereocenters. The molecule has 1 aromatic heterocycles. The number of hydrogen-bond acceptors (Lipinski definition) is 7. The van der Waals surface area contributed by atoms with Gasteiger partial charge in [-0.2, -0.15) is 9.97 Å². The fraction of sp³-hybridized carbons (Fsp3) is 0.455. The summed E-state index contributed by atoms with van der Waals surface area (Å²) in [5, 5.41) is 3.12. The normalized spacial score (nSPS) is 11.6. The van der Waals surface area contributed by atoms with Gasteiger partial charge in [-0.25, -0.2) is 9.69 Å². The third-order valence-electron chi connectivity index (χ3n) is 4.11. The Kier molecular flexibility index (Phi) is 7.78. The molecule has 0 bridgehead atoms. The quantitative estimate of drug-likeness (QED) is 0.446. The van der Waals surface area contributed by atoms with Gasteiger partial charge in [0, 0.05) is 20.8 Å². The Morgan fingerprint density at radius 3 is 2.35 bits per heavy atom. The van der Waals surface area contributed by atoms with E-state index < -0.39 is 19.8 Å². The Morgan fingerprint density at radius 2 is 1.81 bits per heavy atom. The molecule has 0 radical (unpaired) electrons. The maximum atomic E-state index is 12.5. The zero-order valence-electron chi connectivity index (χ0n) is 19.4. The molecule has 0 fully saturated rings. The number of nitrogens with zero attached hydrogens (tertiary/aromatic N) is 3. The SMILES string of the molecule is CN(C(=O)OC(C)(C)C)c1nc(Nc2ccccc2)c(C=O)c(OCC[Si](C)(C)C)n1.